The summed E-state index contributed by atoms with van der Waals surface area (Å²) in [6.45, 7) is 1.37. The van der Waals surface area contributed by atoms with E-state index in [1.54, 1.807) is 18.2 Å². The third-order valence-electron chi connectivity index (χ3n) is 6.85. The molecule has 0 saturated carbocycles. The van der Waals surface area contributed by atoms with Crippen molar-refractivity contribution in [2.45, 2.75) is 25.1 Å². The molecule has 0 amide bonds. The molecule has 5 aromatic rings. The molecule has 3 aromatic carbocycles. The van der Waals surface area contributed by atoms with Crippen LogP contribution < -0.4 is 15.0 Å². The molecule has 1 aliphatic rings. The molecule has 0 bridgehead atoms. The molecule has 0 unspecified atom stereocenters. The number of para-hydroxylation sites is 1. The average molecular weight is 521 g/mol. The van der Waals surface area contributed by atoms with Crippen molar-refractivity contribution in [2.24, 2.45) is 0 Å². The van der Waals surface area contributed by atoms with Crippen LogP contribution in [0.5, 0.6) is 5.75 Å². The fourth-order valence-electron chi connectivity index (χ4n) is 4.93. The standard InChI is InChI=1S/C29H24F4N4O/c30-24-17-34-25-15-19(7-9-22(24)25)35-28-16-27(23-8-6-18(29(31,32)33)14-26(23)36-28)37-12-10-21(11-13-37)38-20-4-2-1-3-5-20/h1-9,14-17,21,34H,10-13H2,(H,35,36). The van der Waals surface area contributed by atoms with Crippen molar-refractivity contribution in [3.05, 3.63) is 90.4 Å². The molecular formula is C29H24F4N4O. The highest BCUT2D eigenvalue weighted by Crippen LogP contribution is 2.37. The first kappa shape index (κ1) is 24.1. The minimum atomic E-state index is -4.48. The maximum absolute atomic E-state index is 13.9. The van der Waals surface area contributed by atoms with E-state index in [4.69, 9.17) is 4.74 Å². The lowest BCUT2D eigenvalue weighted by atomic mass is 10.0. The van der Waals surface area contributed by atoms with Crippen LogP contribution >= 0.6 is 0 Å². The Kier molecular flexibility index (Phi) is 6.06. The van der Waals surface area contributed by atoms with Crippen molar-refractivity contribution in [1.82, 2.24) is 9.97 Å². The average Bonchev–Trinajstić information content (AvgIpc) is 3.28. The van der Waals surface area contributed by atoms with Gasteiger partial charge in [0.2, 0.25) is 0 Å². The second-order valence-corrected chi connectivity index (χ2v) is 9.40. The zero-order valence-corrected chi connectivity index (χ0v) is 20.2. The number of ether oxygens (including phenoxy) is 1. The molecule has 5 nitrogen and oxygen atoms in total. The number of nitrogens with zero attached hydrogens (tertiary/aromatic N) is 2. The van der Waals surface area contributed by atoms with Crippen LogP contribution in [-0.2, 0) is 6.18 Å². The number of aromatic amines is 1. The quantitative estimate of drug-likeness (QED) is 0.234. The molecule has 1 fully saturated rings. The summed E-state index contributed by atoms with van der Waals surface area (Å²) in [4.78, 5) is 9.54. The number of hydrogen-bond donors (Lipinski definition) is 2. The summed E-state index contributed by atoms with van der Waals surface area (Å²) in [5.41, 5.74) is 1.54. The predicted octanol–water partition coefficient (Wildman–Crippen LogP) is 7.67. The lowest BCUT2D eigenvalue weighted by Crippen LogP contribution is -2.38. The molecule has 1 aliphatic heterocycles. The molecule has 0 aliphatic carbocycles. The molecule has 2 aromatic heterocycles. The number of halogens is 4. The molecule has 6 rings (SSSR count). The van der Waals surface area contributed by atoms with Crippen LogP contribution in [0.25, 0.3) is 21.8 Å². The normalized spacial score (nSPS) is 14.8. The van der Waals surface area contributed by atoms with E-state index >= 15 is 0 Å². The Bertz CT molecular complexity index is 1590. The Morgan fingerprint density at radius 3 is 2.45 bits per heavy atom. The van der Waals surface area contributed by atoms with Gasteiger partial charge in [0.1, 0.15) is 23.5 Å². The monoisotopic (exact) mass is 520 g/mol. The molecule has 9 heteroatoms. The van der Waals surface area contributed by atoms with Gasteiger partial charge in [0, 0.05) is 60.3 Å². The highest BCUT2D eigenvalue weighted by Gasteiger charge is 2.31. The Morgan fingerprint density at radius 2 is 1.68 bits per heavy atom. The van der Waals surface area contributed by atoms with Crippen molar-refractivity contribution in [2.75, 3.05) is 23.3 Å². The van der Waals surface area contributed by atoms with Gasteiger partial charge in [0.05, 0.1) is 16.6 Å². The molecule has 0 spiro atoms. The van der Waals surface area contributed by atoms with E-state index in [0.29, 0.717) is 40.9 Å². The van der Waals surface area contributed by atoms with Crippen LogP contribution in [0.1, 0.15) is 18.4 Å². The second kappa shape index (κ2) is 9.55. The van der Waals surface area contributed by atoms with Crippen LogP contribution in [-0.4, -0.2) is 29.2 Å². The van der Waals surface area contributed by atoms with Gasteiger partial charge in [-0.1, -0.05) is 24.3 Å². The summed E-state index contributed by atoms with van der Waals surface area (Å²) in [5, 5.41) is 4.29. The number of benzene rings is 3. The molecular weight excluding hydrogens is 496 g/mol. The van der Waals surface area contributed by atoms with Crippen molar-refractivity contribution in [3.8, 4) is 5.75 Å². The fraction of sp³-hybridized carbons (Fsp3) is 0.207. The zero-order valence-electron chi connectivity index (χ0n) is 20.2. The molecule has 0 radical (unpaired) electrons. The van der Waals surface area contributed by atoms with Crippen molar-refractivity contribution in [3.63, 3.8) is 0 Å². The highest BCUT2D eigenvalue weighted by molar-refractivity contribution is 5.95. The molecule has 194 valence electrons. The predicted molar refractivity (Wildman–Crippen MR) is 141 cm³/mol. The van der Waals surface area contributed by atoms with E-state index in [2.05, 4.69) is 20.2 Å². The zero-order chi connectivity index (χ0) is 26.3. The van der Waals surface area contributed by atoms with Gasteiger partial charge in [-0.25, -0.2) is 9.37 Å². The van der Waals surface area contributed by atoms with Crippen LogP contribution in [0.4, 0.5) is 34.8 Å². The Balaban J connectivity index is 1.31. The Hall–Kier alpha value is -4.27. The van der Waals surface area contributed by atoms with Gasteiger partial charge in [-0.05, 0) is 42.5 Å². The number of anilines is 3. The topological polar surface area (TPSA) is 53.2 Å². The lowest BCUT2D eigenvalue weighted by Gasteiger charge is -2.34. The van der Waals surface area contributed by atoms with Crippen LogP contribution in [0, 0.1) is 5.82 Å². The smallest absolute Gasteiger partial charge is 0.416 e. The van der Waals surface area contributed by atoms with Gasteiger partial charge in [-0.15, -0.1) is 0 Å². The number of aromatic nitrogens is 2. The maximum Gasteiger partial charge on any atom is 0.416 e. The number of pyridine rings is 1. The van der Waals surface area contributed by atoms with Crippen molar-refractivity contribution >= 4 is 39.0 Å². The van der Waals surface area contributed by atoms with Crippen LogP contribution in [0.15, 0.2) is 79.0 Å². The minimum Gasteiger partial charge on any atom is -0.490 e. The van der Waals surface area contributed by atoms with E-state index in [1.165, 1.54) is 12.3 Å². The van der Waals surface area contributed by atoms with Gasteiger partial charge < -0.3 is 19.9 Å². The first-order chi connectivity index (χ1) is 18.3. The molecule has 0 atom stereocenters. The van der Waals surface area contributed by atoms with Gasteiger partial charge in [-0.2, -0.15) is 13.2 Å². The van der Waals surface area contributed by atoms with E-state index in [9.17, 15) is 17.6 Å². The van der Waals surface area contributed by atoms with Crippen molar-refractivity contribution in [1.29, 1.82) is 0 Å². The summed E-state index contributed by atoms with van der Waals surface area (Å²) >= 11 is 0. The first-order valence-corrected chi connectivity index (χ1v) is 12.4. The van der Waals surface area contributed by atoms with Crippen LogP contribution in [0.3, 0.4) is 0 Å². The molecule has 3 heterocycles. The molecule has 1 saturated heterocycles. The number of nitrogens with one attached hydrogen (secondary N) is 2. The molecule has 38 heavy (non-hydrogen) atoms. The second-order valence-electron chi connectivity index (χ2n) is 9.40. The summed E-state index contributed by atoms with van der Waals surface area (Å²) in [5.74, 6) is 0.878. The molecule has 2 N–H and O–H groups in total. The lowest BCUT2D eigenvalue weighted by molar-refractivity contribution is -0.137. The third-order valence-corrected chi connectivity index (χ3v) is 6.85. The number of rotatable bonds is 5. The third kappa shape index (κ3) is 4.83. The van der Waals surface area contributed by atoms with E-state index < -0.39 is 11.7 Å². The van der Waals surface area contributed by atoms with Gasteiger partial charge >= 0.3 is 6.18 Å². The number of H-pyrrole nitrogens is 1. The SMILES string of the molecule is Fc1c[nH]c2cc(Nc3cc(N4CCC(Oc5ccccc5)CC4)c4ccc(C(F)(F)F)cc4n3)ccc12. The van der Waals surface area contributed by atoms with E-state index in [0.717, 1.165) is 36.4 Å². The number of piperidine rings is 1. The number of fused-ring (bicyclic) bond motifs is 2. The summed E-state index contributed by atoms with van der Waals surface area (Å²) < 4.78 is 60.4. The number of alkyl halides is 3. The minimum absolute atomic E-state index is 0.0593. The van der Waals surface area contributed by atoms with Gasteiger partial charge in [0.15, 0.2) is 0 Å². The van der Waals surface area contributed by atoms with Crippen LogP contribution in [0.2, 0.25) is 0 Å². The first-order valence-electron chi connectivity index (χ1n) is 12.4. The summed E-state index contributed by atoms with van der Waals surface area (Å²) in [6.07, 6.45) is -1.59. The van der Waals surface area contributed by atoms with E-state index in [-0.39, 0.29) is 17.4 Å². The van der Waals surface area contributed by atoms with Crippen molar-refractivity contribution < 1.29 is 22.3 Å². The summed E-state index contributed by atoms with van der Waals surface area (Å²) in [6, 6.07) is 20.3. The highest BCUT2D eigenvalue weighted by atomic mass is 19.4. The Labute approximate surface area is 216 Å². The van der Waals surface area contributed by atoms with Gasteiger partial charge in [0.25, 0.3) is 0 Å². The largest absolute Gasteiger partial charge is 0.490 e. The fourth-order valence-corrected chi connectivity index (χ4v) is 4.93. The van der Waals surface area contributed by atoms with Gasteiger partial charge in [-0.3, -0.25) is 0 Å². The Morgan fingerprint density at radius 1 is 0.921 bits per heavy atom. The van der Waals surface area contributed by atoms with E-state index in [1.807, 2.05) is 36.4 Å². The number of hydrogen-bond acceptors (Lipinski definition) is 4. The maximum atomic E-state index is 13.9. The summed E-state index contributed by atoms with van der Waals surface area (Å²) in [7, 11) is 0.